The lowest BCUT2D eigenvalue weighted by atomic mass is 9.75. The molecule has 2 N–H and O–H groups in total. The largest absolute Gasteiger partial charge is 0.481 e. The summed E-state index contributed by atoms with van der Waals surface area (Å²) in [6.45, 7) is 4.12. The topological polar surface area (TPSA) is 78.9 Å². The third-order valence-electron chi connectivity index (χ3n) is 5.97. The number of carbonyl (C=O) groups is 2. The smallest absolute Gasteiger partial charge is 0.317 e. The fourth-order valence-corrected chi connectivity index (χ4v) is 4.29. The summed E-state index contributed by atoms with van der Waals surface area (Å²) in [5.74, 6) is -0.815. The Morgan fingerprint density at radius 1 is 1.23 bits per heavy atom. The monoisotopic (exact) mass is 310 g/mol. The number of carboxylic acids is 1. The van der Waals surface area contributed by atoms with Crippen molar-refractivity contribution >= 4 is 12.0 Å². The van der Waals surface area contributed by atoms with Crippen molar-refractivity contribution in [1.29, 1.82) is 0 Å². The van der Waals surface area contributed by atoms with Crippen LogP contribution in [0.1, 0.15) is 45.4 Å². The summed E-state index contributed by atoms with van der Waals surface area (Å²) >= 11 is 0. The molecule has 1 aliphatic carbocycles. The first-order valence-corrected chi connectivity index (χ1v) is 8.32. The maximum absolute atomic E-state index is 12.5. The van der Waals surface area contributed by atoms with Gasteiger partial charge in [0.25, 0.3) is 0 Å². The highest BCUT2D eigenvalue weighted by Crippen LogP contribution is 2.46. The molecule has 6 heteroatoms. The summed E-state index contributed by atoms with van der Waals surface area (Å²) in [6, 6.07) is 0.114. The zero-order valence-electron chi connectivity index (χ0n) is 13.3. The summed E-state index contributed by atoms with van der Waals surface area (Å²) in [7, 11) is 0. The predicted octanol–water partition coefficient (Wildman–Crippen LogP) is 1.84. The first-order chi connectivity index (χ1) is 10.5. The van der Waals surface area contributed by atoms with E-state index in [1.165, 1.54) is 0 Å². The molecule has 22 heavy (non-hydrogen) atoms. The molecular weight excluding hydrogens is 284 g/mol. The number of hydrogen-bond donors (Lipinski definition) is 2. The second-order valence-corrected chi connectivity index (χ2v) is 7.41. The lowest BCUT2D eigenvalue weighted by molar-refractivity contribution is -0.147. The van der Waals surface area contributed by atoms with E-state index in [4.69, 9.17) is 4.74 Å². The summed E-state index contributed by atoms with van der Waals surface area (Å²) in [5, 5.41) is 12.5. The van der Waals surface area contributed by atoms with Crippen LogP contribution in [0.2, 0.25) is 0 Å². The number of amides is 2. The molecule has 6 nitrogen and oxygen atoms in total. The molecule has 3 fully saturated rings. The molecule has 2 unspecified atom stereocenters. The van der Waals surface area contributed by atoms with Crippen LogP contribution in [0.4, 0.5) is 4.79 Å². The third kappa shape index (κ3) is 2.69. The maximum Gasteiger partial charge on any atom is 0.317 e. The molecule has 2 saturated heterocycles. The summed E-state index contributed by atoms with van der Waals surface area (Å²) < 4.78 is 5.47. The van der Waals surface area contributed by atoms with Gasteiger partial charge < -0.3 is 20.1 Å². The third-order valence-corrected chi connectivity index (χ3v) is 5.97. The van der Waals surface area contributed by atoms with Gasteiger partial charge in [-0.1, -0.05) is 6.42 Å². The van der Waals surface area contributed by atoms with Gasteiger partial charge in [0.1, 0.15) is 0 Å². The van der Waals surface area contributed by atoms with Crippen molar-refractivity contribution in [3.8, 4) is 0 Å². The predicted molar refractivity (Wildman–Crippen MR) is 80.6 cm³/mol. The first-order valence-electron chi connectivity index (χ1n) is 8.32. The van der Waals surface area contributed by atoms with Crippen molar-refractivity contribution in [1.82, 2.24) is 10.2 Å². The molecule has 0 aromatic carbocycles. The average Bonchev–Trinajstić information content (AvgIpc) is 3.06. The van der Waals surface area contributed by atoms with E-state index in [9.17, 15) is 14.7 Å². The van der Waals surface area contributed by atoms with Crippen LogP contribution in [0.25, 0.3) is 0 Å². The Labute approximate surface area is 131 Å². The molecular formula is C16H26N2O4. The molecule has 0 aromatic rings. The minimum atomic E-state index is -0.815. The van der Waals surface area contributed by atoms with Crippen molar-refractivity contribution < 1.29 is 19.4 Å². The standard InChI is InChI=1S/C16H26N2O4/c1-15(13(19)20)5-8-18(11-15)14(21)17-12-3-2-4-16(12)6-9-22-10-7-16/h12H,2-11H2,1H3,(H,17,21)(H,19,20). The normalized spacial score (nSPS) is 34.0. The summed E-state index contributed by atoms with van der Waals surface area (Å²) in [5.41, 5.74) is -0.604. The van der Waals surface area contributed by atoms with Crippen molar-refractivity contribution in [2.24, 2.45) is 10.8 Å². The first kappa shape index (κ1) is 15.6. The van der Waals surface area contributed by atoms with Gasteiger partial charge in [-0.15, -0.1) is 0 Å². The second-order valence-electron chi connectivity index (χ2n) is 7.41. The van der Waals surface area contributed by atoms with Gasteiger partial charge in [-0.05, 0) is 44.4 Å². The highest BCUT2D eigenvalue weighted by atomic mass is 16.5. The number of likely N-dealkylation sites (tertiary alicyclic amines) is 1. The Hall–Kier alpha value is -1.30. The van der Waals surface area contributed by atoms with Gasteiger partial charge in [0.15, 0.2) is 0 Å². The van der Waals surface area contributed by atoms with E-state index in [1.54, 1.807) is 11.8 Å². The molecule has 1 saturated carbocycles. The Kier molecular flexibility index (Phi) is 4.05. The Balaban J connectivity index is 1.61. The zero-order chi connectivity index (χ0) is 15.8. The van der Waals surface area contributed by atoms with Crippen molar-refractivity contribution in [2.45, 2.75) is 51.5 Å². The van der Waals surface area contributed by atoms with Crippen LogP contribution in [-0.4, -0.2) is 54.4 Å². The zero-order valence-corrected chi connectivity index (χ0v) is 13.3. The molecule has 0 radical (unpaired) electrons. The number of rotatable bonds is 2. The van der Waals surface area contributed by atoms with E-state index in [0.717, 1.165) is 45.3 Å². The Bertz CT molecular complexity index is 461. The SMILES string of the molecule is CC1(C(=O)O)CCN(C(=O)NC2CCCC23CCOCC3)C1. The Morgan fingerprint density at radius 3 is 2.59 bits per heavy atom. The van der Waals surface area contributed by atoms with Crippen LogP contribution in [0.15, 0.2) is 0 Å². The fraction of sp³-hybridized carbons (Fsp3) is 0.875. The number of carboxylic acid groups (broad SMARTS) is 1. The average molecular weight is 310 g/mol. The van der Waals surface area contributed by atoms with Crippen LogP contribution < -0.4 is 5.32 Å². The highest BCUT2D eigenvalue weighted by Gasteiger charge is 2.46. The molecule has 3 rings (SSSR count). The van der Waals surface area contributed by atoms with Crippen molar-refractivity contribution in [2.75, 3.05) is 26.3 Å². The molecule has 2 aliphatic heterocycles. The van der Waals surface area contributed by atoms with Gasteiger partial charge in [0.05, 0.1) is 5.41 Å². The van der Waals surface area contributed by atoms with Gasteiger partial charge in [-0.25, -0.2) is 4.79 Å². The van der Waals surface area contributed by atoms with Crippen LogP contribution in [0, 0.1) is 10.8 Å². The number of aliphatic carboxylic acids is 1. The van der Waals surface area contributed by atoms with E-state index in [0.29, 0.717) is 19.5 Å². The van der Waals surface area contributed by atoms with Crippen LogP contribution >= 0.6 is 0 Å². The molecule has 124 valence electrons. The molecule has 2 amide bonds. The number of carbonyl (C=O) groups excluding carboxylic acids is 1. The van der Waals surface area contributed by atoms with Gasteiger partial charge in [0, 0.05) is 32.3 Å². The van der Waals surface area contributed by atoms with Gasteiger partial charge >= 0.3 is 12.0 Å². The quantitative estimate of drug-likeness (QED) is 0.816. The number of hydrogen-bond acceptors (Lipinski definition) is 3. The van der Waals surface area contributed by atoms with Crippen molar-refractivity contribution in [3.63, 3.8) is 0 Å². The van der Waals surface area contributed by atoms with E-state index in [2.05, 4.69) is 5.32 Å². The van der Waals surface area contributed by atoms with Crippen LogP contribution in [-0.2, 0) is 9.53 Å². The van der Waals surface area contributed by atoms with Crippen LogP contribution in [0.5, 0.6) is 0 Å². The highest BCUT2D eigenvalue weighted by molar-refractivity contribution is 5.79. The molecule has 0 aromatic heterocycles. The molecule has 2 heterocycles. The lowest BCUT2D eigenvalue weighted by Crippen LogP contribution is -2.51. The van der Waals surface area contributed by atoms with E-state index in [-0.39, 0.29) is 17.5 Å². The molecule has 0 bridgehead atoms. The minimum absolute atomic E-state index is 0.0947. The summed E-state index contributed by atoms with van der Waals surface area (Å²) in [4.78, 5) is 25.5. The number of ether oxygens (including phenoxy) is 1. The van der Waals surface area contributed by atoms with Gasteiger partial charge in [-0.3, -0.25) is 4.79 Å². The number of nitrogens with one attached hydrogen (secondary N) is 1. The second kappa shape index (κ2) is 5.72. The minimum Gasteiger partial charge on any atom is -0.481 e. The van der Waals surface area contributed by atoms with Crippen molar-refractivity contribution in [3.05, 3.63) is 0 Å². The summed E-state index contributed by atoms with van der Waals surface area (Å²) in [6.07, 6.45) is 5.90. The molecule has 3 aliphatic rings. The van der Waals surface area contributed by atoms with E-state index in [1.807, 2.05) is 0 Å². The lowest BCUT2D eigenvalue weighted by Gasteiger charge is -2.39. The van der Waals surface area contributed by atoms with Gasteiger partial charge in [0.2, 0.25) is 0 Å². The molecule has 2 atom stereocenters. The van der Waals surface area contributed by atoms with Crippen LogP contribution in [0.3, 0.4) is 0 Å². The fourth-order valence-electron chi connectivity index (χ4n) is 4.29. The van der Waals surface area contributed by atoms with E-state index < -0.39 is 11.4 Å². The van der Waals surface area contributed by atoms with Gasteiger partial charge in [-0.2, -0.15) is 0 Å². The molecule has 1 spiro atoms. The number of urea groups is 1. The van der Waals surface area contributed by atoms with E-state index >= 15 is 0 Å². The Morgan fingerprint density at radius 2 is 1.95 bits per heavy atom. The maximum atomic E-state index is 12.5. The number of nitrogens with zero attached hydrogens (tertiary/aromatic N) is 1.